The highest BCUT2D eigenvalue weighted by atomic mass is 16.5. The fourth-order valence-electron chi connectivity index (χ4n) is 1.12. The standard InChI is InChI=1S/C11H20N4O/c1-4-12-11(13-7-9(2)3)14-8-10-5-6-16-15-10/h5-6,9H,4,7-8H2,1-3H3,(H2,12,13,14). The topological polar surface area (TPSA) is 62.5 Å². The molecule has 1 heterocycles. The second kappa shape index (κ2) is 6.87. The smallest absolute Gasteiger partial charge is 0.191 e. The van der Waals surface area contributed by atoms with Gasteiger partial charge in [-0.15, -0.1) is 0 Å². The fourth-order valence-corrected chi connectivity index (χ4v) is 1.12. The molecule has 0 fully saturated rings. The van der Waals surface area contributed by atoms with Gasteiger partial charge in [-0.25, -0.2) is 4.99 Å². The Morgan fingerprint density at radius 3 is 2.88 bits per heavy atom. The summed E-state index contributed by atoms with van der Waals surface area (Å²) in [7, 11) is 0. The minimum atomic E-state index is 0.532. The first-order valence-electron chi connectivity index (χ1n) is 5.63. The van der Waals surface area contributed by atoms with E-state index in [0.717, 1.165) is 24.7 Å². The van der Waals surface area contributed by atoms with Crippen LogP contribution in [0.5, 0.6) is 0 Å². The van der Waals surface area contributed by atoms with Crippen LogP contribution in [0, 0.1) is 5.92 Å². The molecule has 1 aromatic heterocycles. The van der Waals surface area contributed by atoms with Crippen molar-refractivity contribution in [1.82, 2.24) is 15.8 Å². The van der Waals surface area contributed by atoms with Crippen molar-refractivity contribution >= 4 is 5.96 Å². The first-order chi connectivity index (χ1) is 7.72. The highest BCUT2D eigenvalue weighted by Gasteiger charge is 2.00. The normalized spacial score (nSPS) is 11.9. The molecule has 0 radical (unpaired) electrons. The highest BCUT2D eigenvalue weighted by molar-refractivity contribution is 5.79. The molecule has 0 atom stereocenters. The zero-order chi connectivity index (χ0) is 11.8. The van der Waals surface area contributed by atoms with Crippen LogP contribution in [0.1, 0.15) is 26.5 Å². The maximum atomic E-state index is 4.74. The van der Waals surface area contributed by atoms with Crippen molar-refractivity contribution in [2.24, 2.45) is 10.9 Å². The molecule has 16 heavy (non-hydrogen) atoms. The molecule has 5 heteroatoms. The molecule has 0 bridgehead atoms. The van der Waals surface area contributed by atoms with Gasteiger partial charge in [0, 0.05) is 19.2 Å². The van der Waals surface area contributed by atoms with E-state index in [9.17, 15) is 0 Å². The van der Waals surface area contributed by atoms with E-state index in [-0.39, 0.29) is 0 Å². The Bertz CT molecular complexity index is 306. The van der Waals surface area contributed by atoms with Crippen LogP contribution in [0.4, 0.5) is 0 Å². The monoisotopic (exact) mass is 224 g/mol. The summed E-state index contributed by atoms with van der Waals surface area (Å²) in [5.74, 6) is 1.41. The fraction of sp³-hybridized carbons (Fsp3) is 0.636. The van der Waals surface area contributed by atoms with E-state index in [1.807, 2.05) is 13.0 Å². The lowest BCUT2D eigenvalue weighted by Crippen LogP contribution is -2.39. The molecular weight excluding hydrogens is 204 g/mol. The lowest BCUT2D eigenvalue weighted by atomic mass is 10.2. The molecule has 0 aliphatic heterocycles. The van der Waals surface area contributed by atoms with Gasteiger partial charge >= 0.3 is 0 Å². The van der Waals surface area contributed by atoms with Gasteiger partial charge < -0.3 is 15.2 Å². The summed E-state index contributed by atoms with van der Waals surface area (Å²) >= 11 is 0. The quantitative estimate of drug-likeness (QED) is 0.586. The van der Waals surface area contributed by atoms with Gasteiger partial charge in [0.2, 0.25) is 0 Å². The first kappa shape index (κ1) is 12.5. The maximum Gasteiger partial charge on any atom is 0.191 e. The molecular formula is C11H20N4O. The average Bonchev–Trinajstić information content (AvgIpc) is 2.75. The van der Waals surface area contributed by atoms with Gasteiger partial charge in [0.15, 0.2) is 5.96 Å². The summed E-state index contributed by atoms with van der Waals surface area (Å²) in [5, 5.41) is 10.2. The molecule has 5 nitrogen and oxygen atoms in total. The zero-order valence-corrected chi connectivity index (χ0v) is 10.2. The molecule has 0 spiro atoms. The maximum absolute atomic E-state index is 4.74. The van der Waals surface area contributed by atoms with Gasteiger partial charge in [-0.3, -0.25) is 0 Å². The van der Waals surface area contributed by atoms with Crippen LogP contribution in [0.15, 0.2) is 21.8 Å². The summed E-state index contributed by atoms with van der Waals surface area (Å²) in [6.07, 6.45) is 1.55. The summed E-state index contributed by atoms with van der Waals surface area (Å²) in [6, 6.07) is 1.81. The average molecular weight is 224 g/mol. The molecule has 0 amide bonds. The molecule has 2 N–H and O–H groups in total. The Morgan fingerprint density at radius 1 is 1.50 bits per heavy atom. The van der Waals surface area contributed by atoms with Crippen molar-refractivity contribution < 1.29 is 4.52 Å². The number of aliphatic imine (C=N–C) groups is 1. The van der Waals surface area contributed by atoms with E-state index in [1.54, 1.807) is 6.26 Å². The van der Waals surface area contributed by atoms with Crippen molar-refractivity contribution in [1.29, 1.82) is 0 Å². The van der Waals surface area contributed by atoms with Crippen molar-refractivity contribution in [2.75, 3.05) is 13.1 Å². The Balaban J connectivity index is 2.44. The van der Waals surface area contributed by atoms with E-state index >= 15 is 0 Å². The summed E-state index contributed by atoms with van der Waals surface area (Å²) in [4.78, 5) is 4.40. The number of aromatic nitrogens is 1. The number of rotatable bonds is 5. The first-order valence-corrected chi connectivity index (χ1v) is 5.63. The predicted octanol–water partition coefficient (Wildman–Crippen LogP) is 1.39. The van der Waals surface area contributed by atoms with E-state index in [1.165, 1.54) is 0 Å². The molecule has 0 aliphatic rings. The van der Waals surface area contributed by atoms with E-state index in [2.05, 4.69) is 34.6 Å². The van der Waals surface area contributed by atoms with E-state index in [0.29, 0.717) is 12.5 Å². The third kappa shape index (κ3) is 4.82. The minimum Gasteiger partial charge on any atom is -0.364 e. The summed E-state index contributed by atoms with van der Waals surface area (Å²) in [5.41, 5.74) is 0.835. The summed E-state index contributed by atoms with van der Waals surface area (Å²) in [6.45, 7) is 8.66. The third-order valence-electron chi connectivity index (χ3n) is 1.91. The second-order valence-corrected chi connectivity index (χ2v) is 3.96. The number of guanidine groups is 1. The van der Waals surface area contributed by atoms with Gasteiger partial charge in [-0.05, 0) is 12.8 Å². The van der Waals surface area contributed by atoms with Crippen LogP contribution in [-0.2, 0) is 6.54 Å². The molecule has 1 aromatic rings. The van der Waals surface area contributed by atoms with Gasteiger partial charge in [0.25, 0.3) is 0 Å². The Labute approximate surface area is 96.3 Å². The van der Waals surface area contributed by atoms with Gasteiger partial charge in [0.05, 0.1) is 6.54 Å². The van der Waals surface area contributed by atoms with Crippen molar-refractivity contribution in [2.45, 2.75) is 27.3 Å². The number of nitrogens with one attached hydrogen (secondary N) is 2. The molecule has 0 unspecified atom stereocenters. The van der Waals surface area contributed by atoms with Crippen LogP contribution in [0.3, 0.4) is 0 Å². The Kier molecular flexibility index (Phi) is 5.39. The van der Waals surface area contributed by atoms with Crippen molar-refractivity contribution in [3.8, 4) is 0 Å². The molecule has 0 saturated carbocycles. The van der Waals surface area contributed by atoms with E-state index < -0.39 is 0 Å². The Hall–Kier alpha value is -1.52. The number of hydrogen-bond donors (Lipinski definition) is 2. The van der Waals surface area contributed by atoms with Gasteiger partial charge in [-0.1, -0.05) is 19.0 Å². The highest BCUT2D eigenvalue weighted by Crippen LogP contribution is 1.96. The van der Waals surface area contributed by atoms with Crippen LogP contribution in [0.25, 0.3) is 0 Å². The Morgan fingerprint density at radius 2 is 2.31 bits per heavy atom. The van der Waals surface area contributed by atoms with Crippen LogP contribution >= 0.6 is 0 Å². The lowest BCUT2D eigenvalue weighted by molar-refractivity contribution is 0.412. The predicted molar refractivity (Wildman–Crippen MR) is 64.2 cm³/mol. The molecule has 0 aromatic carbocycles. The summed E-state index contributed by atoms with van der Waals surface area (Å²) < 4.78 is 4.74. The second-order valence-electron chi connectivity index (χ2n) is 3.96. The molecule has 0 saturated heterocycles. The SMILES string of the molecule is CCNC(=NCc1ccon1)NCC(C)C. The number of nitrogens with zero attached hydrogens (tertiary/aromatic N) is 2. The van der Waals surface area contributed by atoms with Crippen molar-refractivity contribution in [3.05, 3.63) is 18.0 Å². The minimum absolute atomic E-state index is 0.532. The largest absolute Gasteiger partial charge is 0.364 e. The van der Waals surface area contributed by atoms with Crippen LogP contribution in [0.2, 0.25) is 0 Å². The number of hydrogen-bond acceptors (Lipinski definition) is 3. The van der Waals surface area contributed by atoms with Crippen molar-refractivity contribution in [3.63, 3.8) is 0 Å². The molecule has 1 rings (SSSR count). The van der Waals surface area contributed by atoms with Crippen LogP contribution < -0.4 is 10.6 Å². The van der Waals surface area contributed by atoms with Crippen LogP contribution in [-0.4, -0.2) is 24.2 Å². The molecule has 90 valence electrons. The third-order valence-corrected chi connectivity index (χ3v) is 1.91. The molecule has 0 aliphatic carbocycles. The van der Waals surface area contributed by atoms with Gasteiger partial charge in [-0.2, -0.15) is 0 Å². The lowest BCUT2D eigenvalue weighted by Gasteiger charge is -2.12. The van der Waals surface area contributed by atoms with E-state index in [4.69, 9.17) is 4.52 Å². The zero-order valence-electron chi connectivity index (χ0n) is 10.2. The van der Waals surface area contributed by atoms with Gasteiger partial charge in [0.1, 0.15) is 12.0 Å².